The number of carbonyl (C=O) groups excluding carboxylic acids is 2. The van der Waals surface area contributed by atoms with Gasteiger partial charge in [0.05, 0.1) is 9.79 Å². The monoisotopic (exact) mass is 626 g/mol. The van der Waals surface area contributed by atoms with Crippen LogP contribution in [0.3, 0.4) is 0 Å². The van der Waals surface area contributed by atoms with Crippen molar-refractivity contribution in [3.05, 3.63) is 48.5 Å². The van der Waals surface area contributed by atoms with Crippen molar-refractivity contribution in [3.63, 3.8) is 0 Å². The molecule has 2 N–H and O–H groups in total. The Morgan fingerprint density at radius 2 is 0.950 bits per heavy atom. The van der Waals surface area contributed by atoms with E-state index in [2.05, 4.69) is 19.4 Å². The van der Waals surface area contributed by atoms with Crippen molar-refractivity contribution < 1.29 is 26.4 Å². The van der Waals surface area contributed by atoms with Crippen LogP contribution in [-0.4, -0.2) is 87.5 Å². The number of nitrogens with one attached hydrogen (secondary N) is 2. The third-order valence-corrected chi connectivity index (χ3v) is 9.75. The van der Waals surface area contributed by atoms with Crippen molar-refractivity contribution in [3.8, 4) is 0 Å². The lowest BCUT2D eigenvalue weighted by molar-refractivity contribution is -0.115. The van der Waals surface area contributed by atoms with Crippen molar-refractivity contribution in [2.24, 2.45) is 8.80 Å². The number of piperazine rings is 1. The highest BCUT2D eigenvalue weighted by Crippen LogP contribution is 2.22. The Hall–Kier alpha value is -3.08. The fraction of sp³-hybridized carbons (Fsp3) is 0.333. The molecule has 0 unspecified atom stereocenters. The number of anilines is 2. The van der Waals surface area contributed by atoms with Gasteiger partial charge in [0.1, 0.15) is 0 Å². The van der Waals surface area contributed by atoms with Gasteiger partial charge in [0.15, 0.2) is 10.3 Å². The van der Waals surface area contributed by atoms with Gasteiger partial charge in [-0.05, 0) is 61.0 Å². The lowest BCUT2D eigenvalue weighted by Crippen LogP contribution is -2.49. The molecule has 0 atom stereocenters. The number of thioether (sulfide) groups is 2. The predicted octanol–water partition coefficient (Wildman–Crippen LogP) is 2.74. The Morgan fingerprint density at radius 3 is 1.20 bits per heavy atom. The van der Waals surface area contributed by atoms with E-state index in [1.165, 1.54) is 85.9 Å². The molecule has 16 heteroatoms. The molecule has 0 radical (unpaired) electrons. The average molecular weight is 627 g/mol. The zero-order chi connectivity index (χ0) is 29.5. The van der Waals surface area contributed by atoms with E-state index >= 15 is 0 Å². The number of nitrogens with zero attached hydrogens (tertiary/aromatic N) is 4. The topological polar surface area (TPSA) is 158 Å². The van der Waals surface area contributed by atoms with Crippen LogP contribution in [0.1, 0.15) is 13.8 Å². The molecule has 0 spiro atoms. The van der Waals surface area contributed by atoms with Gasteiger partial charge in [0.2, 0.25) is 11.8 Å². The molecule has 1 aliphatic heterocycles. The second kappa shape index (κ2) is 13.5. The molecular weight excluding hydrogens is 597 g/mol. The first-order chi connectivity index (χ1) is 18.8. The van der Waals surface area contributed by atoms with E-state index in [0.717, 1.165) is 0 Å². The number of hydrogen-bond acceptors (Lipinski definition) is 8. The van der Waals surface area contributed by atoms with Crippen LogP contribution in [0.2, 0.25) is 0 Å². The van der Waals surface area contributed by atoms with Gasteiger partial charge in [-0.25, -0.2) is 0 Å². The third-order valence-electron chi connectivity index (χ3n) is 5.53. The minimum absolute atomic E-state index is 0.00101. The zero-order valence-corrected chi connectivity index (χ0v) is 25.6. The number of sulfonamides is 2. The molecule has 3 rings (SSSR count). The van der Waals surface area contributed by atoms with Gasteiger partial charge in [0, 0.05) is 51.4 Å². The fourth-order valence-electron chi connectivity index (χ4n) is 3.68. The van der Waals surface area contributed by atoms with Gasteiger partial charge < -0.3 is 20.4 Å². The number of amides is 2. The number of carbonyl (C=O) groups is 2. The van der Waals surface area contributed by atoms with Crippen LogP contribution in [0.25, 0.3) is 0 Å². The Bertz CT molecular complexity index is 1380. The lowest BCUT2D eigenvalue weighted by Gasteiger charge is -2.36. The predicted molar refractivity (Wildman–Crippen MR) is 161 cm³/mol. The first-order valence-corrected chi connectivity index (χ1v) is 17.2. The molecule has 216 valence electrons. The average Bonchev–Trinajstić information content (AvgIpc) is 2.90. The number of amidine groups is 2. The van der Waals surface area contributed by atoms with E-state index in [0.29, 0.717) is 47.9 Å². The molecule has 1 saturated heterocycles. The summed E-state index contributed by atoms with van der Waals surface area (Å²) < 4.78 is 59.8. The summed E-state index contributed by atoms with van der Waals surface area (Å²) in [7, 11) is -7.99. The normalized spacial score (nSPS) is 15.1. The van der Waals surface area contributed by atoms with Crippen LogP contribution in [0.5, 0.6) is 0 Å². The summed E-state index contributed by atoms with van der Waals surface area (Å²) in [6.07, 6.45) is 3.47. The lowest BCUT2D eigenvalue weighted by atomic mass is 10.3. The van der Waals surface area contributed by atoms with E-state index in [-0.39, 0.29) is 21.6 Å². The van der Waals surface area contributed by atoms with Crippen molar-refractivity contribution in [1.82, 2.24) is 9.80 Å². The molecule has 0 aromatic heterocycles. The van der Waals surface area contributed by atoms with Crippen molar-refractivity contribution in [1.29, 1.82) is 0 Å². The van der Waals surface area contributed by atoms with Crippen LogP contribution in [0, 0.1) is 0 Å². The summed E-state index contributed by atoms with van der Waals surface area (Å²) in [4.78, 5) is 26.1. The van der Waals surface area contributed by atoms with Gasteiger partial charge in [-0.15, -0.1) is 8.80 Å². The summed E-state index contributed by atoms with van der Waals surface area (Å²) >= 11 is 2.40. The quantitative estimate of drug-likeness (QED) is 0.361. The van der Waals surface area contributed by atoms with E-state index in [1.54, 1.807) is 12.5 Å². The van der Waals surface area contributed by atoms with E-state index in [4.69, 9.17) is 0 Å². The van der Waals surface area contributed by atoms with Crippen LogP contribution < -0.4 is 10.6 Å². The first-order valence-electron chi connectivity index (χ1n) is 11.9. The Morgan fingerprint density at radius 1 is 0.650 bits per heavy atom. The van der Waals surface area contributed by atoms with Gasteiger partial charge >= 0.3 is 0 Å². The van der Waals surface area contributed by atoms with E-state index in [1.807, 2.05) is 9.80 Å². The number of hydrogen-bond donors (Lipinski definition) is 2. The molecule has 40 heavy (non-hydrogen) atoms. The van der Waals surface area contributed by atoms with E-state index in [9.17, 15) is 26.4 Å². The van der Waals surface area contributed by atoms with Crippen molar-refractivity contribution in [2.45, 2.75) is 23.6 Å². The summed E-state index contributed by atoms with van der Waals surface area (Å²) in [5.74, 6) is -0.524. The SMILES string of the molecule is CS/C(=N\S(=O)(=O)c1ccc(NC(C)=O)cc1)N1CCN(/C(=N/S(=O)(=O)c2ccc(NC(C)=O)cc2)SC)CC1. The van der Waals surface area contributed by atoms with E-state index < -0.39 is 20.0 Å². The van der Waals surface area contributed by atoms with Gasteiger partial charge in [-0.1, -0.05) is 23.5 Å². The highest BCUT2D eigenvalue weighted by molar-refractivity contribution is 8.14. The number of benzene rings is 2. The second-order valence-electron chi connectivity index (χ2n) is 8.49. The fourth-order valence-corrected chi connectivity index (χ4v) is 7.55. The summed E-state index contributed by atoms with van der Waals surface area (Å²) in [5.41, 5.74) is 0.957. The molecule has 2 aromatic carbocycles. The number of rotatable bonds is 6. The van der Waals surface area contributed by atoms with Crippen LogP contribution in [-0.2, 0) is 29.6 Å². The largest absolute Gasteiger partial charge is 0.347 e. The molecule has 1 fully saturated rings. The minimum atomic E-state index is -4.00. The molecule has 0 bridgehead atoms. The minimum Gasteiger partial charge on any atom is -0.347 e. The Balaban J connectivity index is 1.71. The molecule has 12 nitrogen and oxygen atoms in total. The third kappa shape index (κ3) is 8.46. The maximum absolute atomic E-state index is 12.9. The second-order valence-corrected chi connectivity index (χ2v) is 13.2. The smallest absolute Gasteiger partial charge is 0.284 e. The van der Waals surface area contributed by atoms with Crippen LogP contribution in [0.15, 0.2) is 67.1 Å². The molecule has 1 heterocycles. The van der Waals surface area contributed by atoms with Gasteiger partial charge in [-0.2, -0.15) is 16.8 Å². The molecule has 2 aromatic rings. The Labute approximate surface area is 242 Å². The summed E-state index contributed by atoms with van der Waals surface area (Å²) in [6.45, 7) is 4.34. The molecule has 0 aliphatic carbocycles. The maximum atomic E-state index is 12.9. The summed E-state index contributed by atoms with van der Waals surface area (Å²) in [6, 6.07) is 11.5. The first kappa shape index (κ1) is 31.4. The van der Waals surface area contributed by atoms with Gasteiger partial charge in [0.25, 0.3) is 20.0 Å². The molecular formula is C24H30N6O6S4. The molecule has 1 aliphatic rings. The zero-order valence-electron chi connectivity index (χ0n) is 22.3. The molecule has 0 saturated carbocycles. The van der Waals surface area contributed by atoms with Crippen LogP contribution in [0.4, 0.5) is 11.4 Å². The Kier molecular flexibility index (Phi) is 10.6. The standard InChI is InChI=1S/C24H30N6O6S4/c1-17(31)25-19-5-9-21(10-6-19)39(33,34)27-23(37-3)29-13-15-30(16-14-29)24(38-4)28-40(35,36)22-11-7-20(8-12-22)26-18(2)32/h5-12H,13-16H2,1-4H3,(H,25,31)(H,26,32)/b27-23-,28-24-. The highest BCUT2D eigenvalue weighted by Gasteiger charge is 2.25. The van der Waals surface area contributed by atoms with Crippen LogP contribution >= 0.6 is 23.5 Å². The van der Waals surface area contributed by atoms with Gasteiger partial charge in [-0.3, -0.25) is 9.59 Å². The maximum Gasteiger partial charge on any atom is 0.284 e. The molecule has 2 amide bonds. The van der Waals surface area contributed by atoms with Crippen molar-refractivity contribution >= 4 is 77.1 Å². The van der Waals surface area contributed by atoms with Crippen molar-refractivity contribution in [2.75, 3.05) is 49.3 Å². The summed E-state index contributed by atoms with van der Waals surface area (Å²) in [5, 5.41) is 5.81. The highest BCUT2D eigenvalue weighted by atomic mass is 32.2.